The second-order valence-corrected chi connectivity index (χ2v) is 6.30. The summed E-state index contributed by atoms with van der Waals surface area (Å²) in [4.78, 5) is 8.83. The molecule has 0 radical (unpaired) electrons. The van der Waals surface area contributed by atoms with Crippen LogP contribution in [0.5, 0.6) is 0 Å². The fourth-order valence-electron chi connectivity index (χ4n) is 2.25. The predicted octanol–water partition coefficient (Wildman–Crippen LogP) is 5.48. The molecule has 0 fully saturated rings. The Morgan fingerprint density at radius 1 is 0.917 bits per heavy atom. The maximum absolute atomic E-state index is 13.3. The molecule has 24 heavy (non-hydrogen) atoms. The van der Waals surface area contributed by atoms with Crippen LogP contribution in [0.4, 0.5) is 27.5 Å². The van der Waals surface area contributed by atoms with E-state index >= 15 is 0 Å². The van der Waals surface area contributed by atoms with Gasteiger partial charge in [-0.05, 0) is 55.8 Å². The summed E-state index contributed by atoms with van der Waals surface area (Å²) in [6.07, 6.45) is 0. The first-order valence-electron chi connectivity index (χ1n) is 7.41. The molecule has 0 bridgehead atoms. The number of hydrogen-bond donors (Lipinski definition) is 2. The fourth-order valence-corrected chi connectivity index (χ4v) is 2.50. The Labute approximate surface area is 148 Å². The largest absolute Gasteiger partial charge is 0.340 e. The molecule has 6 heteroatoms. The van der Waals surface area contributed by atoms with E-state index in [0.29, 0.717) is 17.5 Å². The topological polar surface area (TPSA) is 49.8 Å². The van der Waals surface area contributed by atoms with Gasteiger partial charge in [0.15, 0.2) is 0 Å². The van der Waals surface area contributed by atoms with Gasteiger partial charge in [-0.2, -0.15) is 4.98 Å². The molecule has 0 atom stereocenters. The molecule has 122 valence electrons. The van der Waals surface area contributed by atoms with Crippen molar-refractivity contribution in [3.05, 3.63) is 70.1 Å². The zero-order chi connectivity index (χ0) is 17.1. The van der Waals surface area contributed by atoms with Crippen LogP contribution in [-0.4, -0.2) is 9.97 Å². The fraction of sp³-hybridized carbons (Fsp3) is 0.111. The summed E-state index contributed by atoms with van der Waals surface area (Å²) in [6, 6.07) is 14.0. The Balaban J connectivity index is 1.84. The van der Waals surface area contributed by atoms with E-state index in [0.717, 1.165) is 21.4 Å². The SMILES string of the molecule is Cc1cc(Nc2cccc(F)c2)nc(Nc2ccc(Br)c(C)c2)n1. The Morgan fingerprint density at radius 3 is 2.46 bits per heavy atom. The maximum Gasteiger partial charge on any atom is 0.229 e. The van der Waals surface area contributed by atoms with E-state index < -0.39 is 0 Å². The highest BCUT2D eigenvalue weighted by Crippen LogP contribution is 2.23. The summed E-state index contributed by atoms with van der Waals surface area (Å²) in [5, 5.41) is 6.29. The van der Waals surface area contributed by atoms with Crippen molar-refractivity contribution in [2.75, 3.05) is 10.6 Å². The third-order valence-corrected chi connectivity index (χ3v) is 4.26. The zero-order valence-electron chi connectivity index (χ0n) is 13.3. The molecule has 3 aromatic rings. The minimum absolute atomic E-state index is 0.297. The van der Waals surface area contributed by atoms with Gasteiger partial charge in [-0.25, -0.2) is 9.37 Å². The normalized spacial score (nSPS) is 10.5. The summed E-state index contributed by atoms with van der Waals surface area (Å²) < 4.78 is 14.3. The molecular weight excluding hydrogens is 371 g/mol. The Morgan fingerprint density at radius 2 is 1.71 bits per heavy atom. The van der Waals surface area contributed by atoms with Crippen LogP contribution >= 0.6 is 15.9 Å². The summed E-state index contributed by atoms with van der Waals surface area (Å²) >= 11 is 3.48. The van der Waals surface area contributed by atoms with E-state index in [1.807, 2.05) is 38.1 Å². The Bertz CT molecular complexity index is 883. The molecule has 1 heterocycles. The summed E-state index contributed by atoms with van der Waals surface area (Å²) in [6.45, 7) is 3.90. The molecule has 0 unspecified atom stereocenters. The van der Waals surface area contributed by atoms with Crippen LogP contribution in [0.25, 0.3) is 0 Å². The first-order chi connectivity index (χ1) is 11.5. The molecule has 0 amide bonds. The van der Waals surface area contributed by atoms with Crippen molar-refractivity contribution in [2.24, 2.45) is 0 Å². The monoisotopic (exact) mass is 386 g/mol. The highest BCUT2D eigenvalue weighted by molar-refractivity contribution is 9.10. The Hall–Kier alpha value is -2.47. The van der Waals surface area contributed by atoms with Crippen LogP contribution in [0.2, 0.25) is 0 Å². The quantitative estimate of drug-likeness (QED) is 0.622. The molecule has 0 aliphatic heterocycles. The number of anilines is 4. The van der Waals surface area contributed by atoms with Crippen LogP contribution in [-0.2, 0) is 0 Å². The first-order valence-corrected chi connectivity index (χ1v) is 8.20. The van der Waals surface area contributed by atoms with Gasteiger partial charge in [0.1, 0.15) is 11.6 Å². The van der Waals surface area contributed by atoms with Crippen LogP contribution < -0.4 is 10.6 Å². The summed E-state index contributed by atoms with van der Waals surface area (Å²) in [5.74, 6) is 0.787. The van der Waals surface area contributed by atoms with Gasteiger partial charge in [-0.15, -0.1) is 0 Å². The van der Waals surface area contributed by atoms with Crippen molar-refractivity contribution in [2.45, 2.75) is 13.8 Å². The van der Waals surface area contributed by atoms with E-state index in [9.17, 15) is 4.39 Å². The number of rotatable bonds is 4. The first kappa shape index (κ1) is 16.4. The van der Waals surface area contributed by atoms with E-state index in [4.69, 9.17) is 0 Å². The number of benzene rings is 2. The van der Waals surface area contributed by atoms with E-state index in [2.05, 4.69) is 36.5 Å². The van der Waals surface area contributed by atoms with Crippen LogP contribution in [0.1, 0.15) is 11.3 Å². The van der Waals surface area contributed by atoms with Crippen molar-refractivity contribution >= 4 is 39.1 Å². The van der Waals surface area contributed by atoms with Crippen LogP contribution in [0, 0.1) is 19.7 Å². The molecule has 0 saturated heterocycles. The highest BCUT2D eigenvalue weighted by Gasteiger charge is 2.05. The van der Waals surface area contributed by atoms with Crippen molar-refractivity contribution in [1.29, 1.82) is 0 Å². The molecular formula is C18H16BrFN4. The molecule has 0 aliphatic rings. The van der Waals surface area contributed by atoms with Gasteiger partial charge >= 0.3 is 0 Å². The molecule has 4 nitrogen and oxygen atoms in total. The zero-order valence-corrected chi connectivity index (χ0v) is 14.9. The number of aryl methyl sites for hydroxylation is 2. The molecule has 2 N–H and O–H groups in total. The number of nitrogens with one attached hydrogen (secondary N) is 2. The number of hydrogen-bond acceptors (Lipinski definition) is 4. The standard InChI is InChI=1S/C18H16BrFN4/c1-11-8-15(6-7-16(11)19)23-18-21-12(2)9-17(24-18)22-14-5-3-4-13(20)10-14/h3-10H,1-2H3,(H2,21,22,23,24). The van der Waals surface area contributed by atoms with E-state index in [1.165, 1.54) is 12.1 Å². The maximum atomic E-state index is 13.3. The van der Waals surface area contributed by atoms with Gasteiger partial charge in [0.05, 0.1) is 0 Å². The van der Waals surface area contributed by atoms with Gasteiger partial charge in [0.2, 0.25) is 5.95 Å². The Kier molecular flexibility index (Phi) is 4.76. The second-order valence-electron chi connectivity index (χ2n) is 5.44. The lowest BCUT2D eigenvalue weighted by Gasteiger charge is -2.11. The minimum Gasteiger partial charge on any atom is -0.340 e. The lowest BCUT2D eigenvalue weighted by atomic mass is 10.2. The lowest BCUT2D eigenvalue weighted by Crippen LogP contribution is -2.02. The smallest absolute Gasteiger partial charge is 0.229 e. The van der Waals surface area contributed by atoms with Crippen molar-refractivity contribution in [3.63, 3.8) is 0 Å². The molecule has 1 aromatic heterocycles. The van der Waals surface area contributed by atoms with Crippen molar-refractivity contribution < 1.29 is 4.39 Å². The lowest BCUT2D eigenvalue weighted by molar-refractivity contribution is 0.628. The van der Waals surface area contributed by atoms with E-state index in [1.54, 1.807) is 12.1 Å². The number of nitrogens with zero attached hydrogens (tertiary/aromatic N) is 2. The third kappa shape index (κ3) is 4.08. The number of halogens is 2. The van der Waals surface area contributed by atoms with Crippen molar-refractivity contribution in [1.82, 2.24) is 9.97 Å². The van der Waals surface area contributed by atoms with Gasteiger partial charge in [0.25, 0.3) is 0 Å². The van der Waals surface area contributed by atoms with Crippen molar-refractivity contribution in [3.8, 4) is 0 Å². The van der Waals surface area contributed by atoms with Crippen LogP contribution in [0.15, 0.2) is 53.0 Å². The molecule has 2 aromatic carbocycles. The average molecular weight is 387 g/mol. The van der Waals surface area contributed by atoms with Gasteiger partial charge < -0.3 is 10.6 Å². The summed E-state index contributed by atoms with van der Waals surface area (Å²) in [5.41, 5.74) is 3.46. The highest BCUT2D eigenvalue weighted by atomic mass is 79.9. The third-order valence-electron chi connectivity index (χ3n) is 3.37. The molecule has 0 saturated carbocycles. The molecule has 0 spiro atoms. The average Bonchev–Trinajstić information content (AvgIpc) is 2.50. The number of aromatic nitrogens is 2. The van der Waals surface area contributed by atoms with Crippen LogP contribution in [0.3, 0.4) is 0 Å². The van der Waals surface area contributed by atoms with Gasteiger partial charge in [-0.1, -0.05) is 22.0 Å². The molecule has 0 aliphatic carbocycles. The molecule has 3 rings (SSSR count). The predicted molar refractivity (Wildman–Crippen MR) is 98.6 cm³/mol. The second kappa shape index (κ2) is 6.97. The summed E-state index contributed by atoms with van der Waals surface area (Å²) in [7, 11) is 0. The minimum atomic E-state index is -0.297. The van der Waals surface area contributed by atoms with Gasteiger partial charge in [0, 0.05) is 27.6 Å². The van der Waals surface area contributed by atoms with Gasteiger partial charge in [-0.3, -0.25) is 0 Å². The van der Waals surface area contributed by atoms with E-state index in [-0.39, 0.29) is 5.82 Å².